The first-order valence-electron chi connectivity index (χ1n) is 7.38. The van der Waals surface area contributed by atoms with Gasteiger partial charge in [-0.15, -0.1) is 0 Å². The van der Waals surface area contributed by atoms with Crippen LogP contribution in [0, 0.1) is 0 Å². The highest BCUT2D eigenvalue weighted by Gasteiger charge is 2.37. The maximum absolute atomic E-state index is 12.5. The minimum Gasteiger partial charge on any atom is -0.490 e. The molecule has 1 fully saturated rings. The van der Waals surface area contributed by atoms with Gasteiger partial charge < -0.3 is 15.0 Å². The summed E-state index contributed by atoms with van der Waals surface area (Å²) < 4.78 is 5.45. The number of rotatable bonds is 6. The summed E-state index contributed by atoms with van der Waals surface area (Å²) in [5.41, 5.74) is 0.695. The van der Waals surface area contributed by atoms with Gasteiger partial charge in [-0.2, -0.15) is 0 Å². The fourth-order valence-electron chi connectivity index (χ4n) is 2.69. The number of carbonyl (C=O) groups excluding carboxylic acids is 1. The Morgan fingerprint density at radius 1 is 1.48 bits per heavy atom. The molecule has 1 atom stereocenters. The van der Waals surface area contributed by atoms with Crippen molar-refractivity contribution in [3.8, 4) is 5.75 Å². The highest BCUT2D eigenvalue weighted by Crippen LogP contribution is 2.22. The number of carbonyl (C=O) groups is 1. The van der Waals surface area contributed by atoms with Crippen molar-refractivity contribution in [1.29, 1.82) is 0 Å². The zero-order chi connectivity index (χ0) is 15.3. The Morgan fingerprint density at radius 3 is 2.76 bits per heavy atom. The highest BCUT2D eigenvalue weighted by molar-refractivity contribution is 5.86. The third-order valence-corrected chi connectivity index (χ3v) is 3.90. The van der Waals surface area contributed by atoms with E-state index in [0.717, 1.165) is 30.7 Å². The number of nitrogens with zero attached hydrogens (tertiary/aromatic N) is 1. The monoisotopic (exact) mass is 288 g/mol. The van der Waals surface area contributed by atoms with Gasteiger partial charge in [0.25, 0.3) is 0 Å². The minimum absolute atomic E-state index is 0.159. The molecule has 1 saturated heterocycles. The Kier molecular flexibility index (Phi) is 5.02. The zero-order valence-corrected chi connectivity index (χ0v) is 12.9. The van der Waals surface area contributed by atoms with Gasteiger partial charge in [-0.1, -0.05) is 24.8 Å². The summed E-state index contributed by atoms with van der Waals surface area (Å²) in [6, 6.07) is 7.83. The van der Waals surface area contributed by atoms with Gasteiger partial charge >= 0.3 is 0 Å². The lowest BCUT2D eigenvalue weighted by Crippen LogP contribution is -2.51. The molecule has 1 aromatic rings. The van der Waals surface area contributed by atoms with Gasteiger partial charge in [0.1, 0.15) is 12.4 Å². The molecule has 0 saturated carbocycles. The van der Waals surface area contributed by atoms with E-state index < -0.39 is 5.54 Å². The summed E-state index contributed by atoms with van der Waals surface area (Å²) in [6.45, 7) is 7.65. The minimum atomic E-state index is -0.401. The molecule has 1 aliphatic rings. The van der Waals surface area contributed by atoms with E-state index in [2.05, 4.69) is 11.9 Å². The van der Waals surface area contributed by atoms with Crippen molar-refractivity contribution in [2.24, 2.45) is 0 Å². The van der Waals surface area contributed by atoms with Crippen molar-refractivity contribution in [2.45, 2.75) is 31.8 Å². The molecule has 0 aliphatic carbocycles. The Balaban J connectivity index is 1.94. The van der Waals surface area contributed by atoms with Gasteiger partial charge in [0, 0.05) is 13.6 Å². The number of ether oxygens (including phenoxy) is 1. The van der Waals surface area contributed by atoms with Crippen LogP contribution < -0.4 is 10.1 Å². The Bertz CT molecular complexity index is 490. The third kappa shape index (κ3) is 3.85. The first-order valence-corrected chi connectivity index (χ1v) is 7.38. The number of benzene rings is 1. The number of likely N-dealkylation sites (N-methyl/N-ethyl adjacent to an activating group) is 1. The van der Waals surface area contributed by atoms with Gasteiger partial charge in [-0.3, -0.25) is 4.79 Å². The summed E-state index contributed by atoms with van der Waals surface area (Å²) in [5, 5.41) is 3.31. The van der Waals surface area contributed by atoms with E-state index in [1.807, 2.05) is 38.2 Å². The van der Waals surface area contributed by atoms with Crippen molar-refractivity contribution < 1.29 is 9.53 Å². The maximum atomic E-state index is 12.5. The number of amides is 1. The lowest BCUT2D eigenvalue weighted by molar-refractivity contribution is -0.136. The average Bonchev–Trinajstić information content (AvgIpc) is 2.93. The van der Waals surface area contributed by atoms with Crippen LogP contribution in [0.3, 0.4) is 0 Å². The molecule has 114 valence electrons. The number of nitrogens with one attached hydrogen (secondary N) is 1. The summed E-state index contributed by atoms with van der Waals surface area (Å²) in [4.78, 5) is 14.3. The molecule has 1 unspecified atom stereocenters. The fourth-order valence-corrected chi connectivity index (χ4v) is 2.69. The molecular weight excluding hydrogens is 264 g/mol. The van der Waals surface area contributed by atoms with Gasteiger partial charge in [-0.05, 0) is 44.0 Å². The van der Waals surface area contributed by atoms with E-state index in [9.17, 15) is 4.79 Å². The molecule has 0 radical (unpaired) electrons. The first-order chi connectivity index (χ1) is 10.0. The van der Waals surface area contributed by atoms with Crippen molar-refractivity contribution in [2.75, 3.05) is 20.2 Å². The van der Waals surface area contributed by atoms with Crippen LogP contribution in [0.4, 0.5) is 0 Å². The molecule has 1 aliphatic heterocycles. The molecule has 4 nitrogen and oxygen atoms in total. The summed E-state index contributed by atoms with van der Waals surface area (Å²) in [5.74, 6) is 0.976. The van der Waals surface area contributed by atoms with Gasteiger partial charge in [0.2, 0.25) is 5.91 Å². The van der Waals surface area contributed by atoms with Crippen molar-refractivity contribution in [1.82, 2.24) is 10.2 Å². The second kappa shape index (κ2) is 6.76. The molecule has 1 N–H and O–H groups in total. The highest BCUT2D eigenvalue weighted by atomic mass is 16.5. The SMILES string of the molecule is C=CCOc1ccc(CN(C)C(=O)C2(C)CCCN2)cc1. The molecule has 0 aromatic heterocycles. The van der Waals surface area contributed by atoms with Crippen LogP contribution in [0.25, 0.3) is 0 Å². The smallest absolute Gasteiger partial charge is 0.242 e. The van der Waals surface area contributed by atoms with Crippen LogP contribution in [0.2, 0.25) is 0 Å². The number of hydrogen-bond acceptors (Lipinski definition) is 3. The fraction of sp³-hybridized carbons (Fsp3) is 0.471. The maximum Gasteiger partial charge on any atom is 0.242 e. The van der Waals surface area contributed by atoms with Crippen molar-refractivity contribution >= 4 is 5.91 Å². The van der Waals surface area contributed by atoms with Gasteiger partial charge in [0.05, 0.1) is 5.54 Å². The Labute approximate surface area is 126 Å². The Hall–Kier alpha value is -1.81. The van der Waals surface area contributed by atoms with Crippen molar-refractivity contribution in [3.05, 3.63) is 42.5 Å². The molecule has 1 amide bonds. The normalized spacial score (nSPS) is 21.0. The topological polar surface area (TPSA) is 41.6 Å². The molecule has 0 spiro atoms. The standard InChI is InChI=1S/C17H24N2O2/c1-4-12-21-15-8-6-14(7-9-15)13-19(3)16(20)17(2)10-5-11-18-17/h4,6-9,18H,1,5,10-13H2,2-3H3. The molecule has 21 heavy (non-hydrogen) atoms. The summed E-state index contributed by atoms with van der Waals surface area (Å²) in [7, 11) is 1.86. The zero-order valence-electron chi connectivity index (χ0n) is 12.9. The van der Waals surface area contributed by atoms with Crippen LogP contribution in [-0.4, -0.2) is 36.5 Å². The molecular formula is C17H24N2O2. The summed E-state index contributed by atoms with van der Waals surface area (Å²) >= 11 is 0. The predicted octanol–water partition coefficient (Wildman–Crippen LogP) is 2.35. The quantitative estimate of drug-likeness (QED) is 0.817. The number of hydrogen-bond donors (Lipinski definition) is 1. The van der Waals surface area contributed by atoms with E-state index in [4.69, 9.17) is 4.74 Å². The van der Waals surface area contributed by atoms with Crippen LogP contribution in [0.15, 0.2) is 36.9 Å². The largest absolute Gasteiger partial charge is 0.490 e. The summed E-state index contributed by atoms with van der Waals surface area (Å²) in [6.07, 6.45) is 3.69. The van der Waals surface area contributed by atoms with Crippen LogP contribution >= 0.6 is 0 Å². The van der Waals surface area contributed by atoms with Crippen LogP contribution in [-0.2, 0) is 11.3 Å². The molecule has 2 rings (SSSR count). The molecule has 4 heteroatoms. The second-order valence-electron chi connectivity index (χ2n) is 5.77. The van der Waals surface area contributed by atoms with Gasteiger partial charge in [0.15, 0.2) is 0 Å². The van der Waals surface area contributed by atoms with Crippen molar-refractivity contribution in [3.63, 3.8) is 0 Å². The molecule has 1 heterocycles. The second-order valence-corrected chi connectivity index (χ2v) is 5.77. The van der Waals surface area contributed by atoms with Crippen LogP contribution in [0.5, 0.6) is 5.75 Å². The molecule has 0 bridgehead atoms. The lowest BCUT2D eigenvalue weighted by atomic mass is 9.98. The predicted molar refractivity (Wildman–Crippen MR) is 84.2 cm³/mol. The van der Waals surface area contributed by atoms with E-state index >= 15 is 0 Å². The van der Waals surface area contributed by atoms with Gasteiger partial charge in [-0.25, -0.2) is 0 Å². The average molecular weight is 288 g/mol. The lowest BCUT2D eigenvalue weighted by Gasteiger charge is -2.29. The first kappa shape index (κ1) is 15.6. The van der Waals surface area contributed by atoms with E-state index in [1.54, 1.807) is 11.0 Å². The van der Waals surface area contributed by atoms with E-state index in [1.165, 1.54) is 0 Å². The Morgan fingerprint density at radius 2 is 2.19 bits per heavy atom. The van der Waals surface area contributed by atoms with E-state index in [0.29, 0.717) is 13.2 Å². The van der Waals surface area contributed by atoms with E-state index in [-0.39, 0.29) is 5.91 Å². The van der Waals surface area contributed by atoms with Crippen LogP contribution in [0.1, 0.15) is 25.3 Å². The third-order valence-electron chi connectivity index (χ3n) is 3.90. The molecule has 1 aromatic carbocycles.